The lowest BCUT2D eigenvalue weighted by Gasteiger charge is -2.42. The van der Waals surface area contributed by atoms with Crippen LogP contribution in [0.1, 0.15) is 92.3 Å². The highest BCUT2D eigenvalue weighted by Gasteiger charge is 2.46. The number of hydrogen-bond acceptors (Lipinski definition) is 8. The summed E-state index contributed by atoms with van der Waals surface area (Å²) in [7, 11) is -0.753. The molecule has 3 saturated heterocycles. The van der Waals surface area contributed by atoms with E-state index in [2.05, 4.69) is 73.8 Å². The molecule has 0 aliphatic carbocycles. The molecule has 1 amide bonds. The van der Waals surface area contributed by atoms with Crippen molar-refractivity contribution in [3.05, 3.63) is 57.8 Å². The molecule has 2 unspecified atom stereocenters. The lowest BCUT2D eigenvalue weighted by Crippen LogP contribution is -2.57. The van der Waals surface area contributed by atoms with Crippen molar-refractivity contribution in [3.8, 4) is 28.5 Å². The quantitative estimate of drug-likeness (QED) is 0.0934. The Balaban J connectivity index is 1.42. The molecule has 3 fully saturated rings. The van der Waals surface area contributed by atoms with Gasteiger partial charge in [-0.25, -0.2) is 18.6 Å². The predicted octanol–water partition coefficient (Wildman–Crippen LogP) is 10.7. The normalized spacial score (nSPS) is 18.7. The van der Waals surface area contributed by atoms with Crippen molar-refractivity contribution >= 4 is 57.5 Å². The van der Waals surface area contributed by atoms with Gasteiger partial charge in [-0.1, -0.05) is 53.5 Å². The second-order valence-electron chi connectivity index (χ2n) is 17.9. The number of fused-ring (bicyclic) bond motifs is 4. The van der Waals surface area contributed by atoms with Gasteiger partial charge in [0.15, 0.2) is 12.6 Å². The molecule has 9 nitrogen and oxygen atoms in total. The van der Waals surface area contributed by atoms with E-state index in [1.165, 1.54) is 13.2 Å². The van der Waals surface area contributed by atoms with Crippen molar-refractivity contribution in [1.82, 2.24) is 14.9 Å². The third-order valence-corrected chi connectivity index (χ3v) is 19.3. The lowest BCUT2D eigenvalue weighted by molar-refractivity contribution is 0.00636. The Morgan fingerprint density at radius 2 is 1.67 bits per heavy atom. The average molecular weight is 878 g/mol. The Morgan fingerprint density at radius 3 is 2.24 bits per heavy atom. The van der Waals surface area contributed by atoms with Crippen LogP contribution in [0.4, 0.5) is 19.4 Å². The minimum Gasteiger partial charge on any atom is -0.468 e. The number of rotatable bonds is 9. The first-order valence-electron chi connectivity index (χ1n) is 20.4. The molecule has 0 saturated carbocycles. The monoisotopic (exact) mass is 876 g/mol. The van der Waals surface area contributed by atoms with Crippen molar-refractivity contribution < 1.29 is 32.5 Å². The number of piperazine rings is 1. The van der Waals surface area contributed by atoms with Crippen LogP contribution in [0.5, 0.6) is 5.75 Å². The summed E-state index contributed by atoms with van der Waals surface area (Å²) in [6.07, 6.45) is 3.02. The number of carbonyl (C=O) groups is 1. The third kappa shape index (κ3) is 7.59. The van der Waals surface area contributed by atoms with Crippen LogP contribution < -0.4 is 9.64 Å². The minimum atomic E-state index is -2.28. The van der Waals surface area contributed by atoms with Crippen molar-refractivity contribution in [2.75, 3.05) is 45.1 Å². The summed E-state index contributed by atoms with van der Waals surface area (Å²) >= 11 is 3.78. The van der Waals surface area contributed by atoms with Crippen LogP contribution in [0.15, 0.2) is 34.9 Å². The zero-order chi connectivity index (χ0) is 41.8. The van der Waals surface area contributed by atoms with Gasteiger partial charge in [-0.3, -0.25) is 9.88 Å². The van der Waals surface area contributed by atoms with E-state index in [1.54, 1.807) is 24.4 Å². The van der Waals surface area contributed by atoms with Crippen LogP contribution in [-0.2, 0) is 14.2 Å². The second kappa shape index (κ2) is 16.3. The first-order chi connectivity index (χ1) is 27.5. The van der Waals surface area contributed by atoms with E-state index in [9.17, 15) is 4.79 Å². The number of nitrogens with zero attached hydrogens (tertiary/aromatic N) is 4. The highest BCUT2D eigenvalue weighted by molar-refractivity contribution is 9.10. The van der Waals surface area contributed by atoms with E-state index in [0.29, 0.717) is 91.8 Å². The summed E-state index contributed by atoms with van der Waals surface area (Å²) in [5.41, 5.74) is 5.38. The topological polar surface area (TPSA) is 86.3 Å². The molecule has 0 radical (unpaired) electrons. The number of halogens is 3. The Hall–Kier alpha value is -3.83. The predicted molar refractivity (Wildman–Crippen MR) is 231 cm³/mol. The van der Waals surface area contributed by atoms with Crippen LogP contribution in [0, 0.1) is 23.1 Å². The molecule has 7 rings (SSSR count). The van der Waals surface area contributed by atoms with Gasteiger partial charge in [0, 0.05) is 54.0 Å². The molecule has 0 N–H and O–H groups in total. The zero-order valence-electron chi connectivity index (χ0n) is 35.3. The summed E-state index contributed by atoms with van der Waals surface area (Å²) in [6, 6.07) is 6.43. The number of anilines is 1. The highest BCUT2D eigenvalue weighted by Crippen LogP contribution is 2.46. The van der Waals surface area contributed by atoms with Gasteiger partial charge in [0.1, 0.15) is 36.8 Å². The van der Waals surface area contributed by atoms with Crippen LogP contribution in [-0.4, -0.2) is 86.9 Å². The van der Waals surface area contributed by atoms with Crippen molar-refractivity contribution in [2.45, 2.75) is 115 Å². The molecule has 2 bridgehead atoms. The third-order valence-electron chi connectivity index (χ3n) is 12.3. The van der Waals surface area contributed by atoms with Crippen molar-refractivity contribution in [2.24, 2.45) is 0 Å². The van der Waals surface area contributed by atoms with Gasteiger partial charge in [0.25, 0.3) is 0 Å². The maximum absolute atomic E-state index is 17.8. The Labute approximate surface area is 350 Å². The number of carbonyl (C=O) groups excluding carboxylic acids is 1. The standard InChI is InChI=1S/C45H55BrF2N4O5Si/c1-25(2)58(26(3)4,27(5)6)16-15-33-36(47)14-11-28-17-32(56-24-54-10)18-34(37(28)33)42-40(48)38-35(19-49-42)43(50-41(39(38)46)29-22-55-23-29)51-20-30-12-13-31(21-51)52(30)44(53)57-45(7,8)9/h11,14,17-19,25-27,29-31H,12-13,20-24H2,1-10H3. The smallest absolute Gasteiger partial charge is 0.410 e. The van der Waals surface area contributed by atoms with Crippen LogP contribution in [0.25, 0.3) is 32.8 Å². The number of aromatic nitrogens is 2. The van der Waals surface area contributed by atoms with Crippen molar-refractivity contribution in [3.63, 3.8) is 0 Å². The maximum Gasteiger partial charge on any atom is 0.410 e. The molecule has 310 valence electrons. The summed E-state index contributed by atoms with van der Waals surface area (Å²) in [5, 5.41) is 1.97. The van der Waals surface area contributed by atoms with E-state index in [1.807, 2.05) is 25.7 Å². The molecule has 2 aromatic carbocycles. The minimum absolute atomic E-state index is 0.0334. The Morgan fingerprint density at radius 1 is 1.02 bits per heavy atom. The van der Waals surface area contributed by atoms with E-state index < -0.39 is 25.3 Å². The Bertz CT molecular complexity index is 2270. The van der Waals surface area contributed by atoms with Crippen LogP contribution in [0.2, 0.25) is 16.6 Å². The molecule has 2 atom stereocenters. The van der Waals surface area contributed by atoms with E-state index >= 15 is 8.78 Å². The number of ether oxygens (including phenoxy) is 4. The highest BCUT2D eigenvalue weighted by atomic mass is 79.9. The van der Waals surface area contributed by atoms with Crippen LogP contribution >= 0.6 is 15.9 Å². The second-order valence-corrected chi connectivity index (χ2v) is 24.3. The number of methoxy groups -OCH3 is 1. The first kappa shape index (κ1) is 42.3. The molecule has 3 aliphatic heterocycles. The van der Waals surface area contributed by atoms with E-state index in [4.69, 9.17) is 28.9 Å². The van der Waals surface area contributed by atoms with Crippen molar-refractivity contribution in [1.29, 1.82) is 0 Å². The average Bonchev–Trinajstić information content (AvgIpc) is 3.40. The molecule has 4 aromatic rings. The molecule has 5 heterocycles. The number of benzene rings is 2. The van der Waals surface area contributed by atoms with Gasteiger partial charge in [0.2, 0.25) is 0 Å². The molecule has 2 aromatic heterocycles. The van der Waals surface area contributed by atoms with Gasteiger partial charge in [0.05, 0.1) is 41.0 Å². The summed E-state index contributed by atoms with van der Waals surface area (Å²) in [6.45, 7) is 20.9. The number of hydrogen-bond donors (Lipinski definition) is 0. The van der Waals surface area contributed by atoms with E-state index in [-0.39, 0.29) is 42.1 Å². The van der Waals surface area contributed by atoms with Crippen LogP contribution in [0.3, 0.4) is 0 Å². The molecule has 3 aliphatic rings. The fourth-order valence-corrected chi connectivity index (χ4v) is 15.5. The fraction of sp³-hybridized carbons (Fsp3) is 0.533. The largest absolute Gasteiger partial charge is 0.468 e. The molecule has 58 heavy (non-hydrogen) atoms. The fourth-order valence-electron chi connectivity index (χ4n) is 9.54. The van der Waals surface area contributed by atoms with Gasteiger partial charge in [-0.15, -0.1) is 5.54 Å². The number of amides is 1. The van der Waals surface area contributed by atoms with Gasteiger partial charge < -0.3 is 23.8 Å². The summed E-state index contributed by atoms with van der Waals surface area (Å²) in [4.78, 5) is 27.4. The molecule has 0 spiro atoms. The summed E-state index contributed by atoms with van der Waals surface area (Å²) < 4.78 is 57.2. The van der Waals surface area contributed by atoms with E-state index in [0.717, 1.165) is 12.8 Å². The maximum atomic E-state index is 17.8. The summed E-state index contributed by atoms with van der Waals surface area (Å²) in [5.74, 6) is 3.29. The van der Waals surface area contributed by atoms with Gasteiger partial charge in [-0.2, -0.15) is 0 Å². The number of pyridine rings is 2. The van der Waals surface area contributed by atoms with Gasteiger partial charge in [-0.05, 0) is 89.8 Å². The molecule has 13 heteroatoms. The molecular formula is C45H55BrF2N4O5Si. The first-order valence-corrected chi connectivity index (χ1v) is 23.4. The zero-order valence-corrected chi connectivity index (χ0v) is 37.9. The molecular weight excluding hydrogens is 823 g/mol. The SMILES string of the molecule is COCOc1cc(-c2ncc3c(N4CC5CCC(C4)N5C(=O)OC(C)(C)C)nc(C4COC4)c(Br)c3c2F)c2c(C#C[Si](C(C)C)(C(C)C)C(C)C)c(F)ccc2c1. The van der Waals surface area contributed by atoms with Gasteiger partial charge >= 0.3 is 6.09 Å². The Kier molecular flexibility index (Phi) is 11.9. The lowest BCUT2D eigenvalue weighted by atomic mass is 9.94.